The molecule has 2 amide bonds. The van der Waals surface area contributed by atoms with Gasteiger partial charge in [-0.25, -0.2) is 4.79 Å². The molecule has 122 valence electrons. The molecule has 0 saturated heterocycles. The van der Waals surface area contributed by atoms with Crippen molar-refractivity contribution in [1.82, 2.24) is 5.32 Å². The number of esters is 1. The highest BCUT2D eigenvalue weighted by atomic mass is 19.4. The fourth-order valence-corrected chi connectivity index (χ4v) is 1.53. The Balaban J connectivity index is 2.47. The summed E-state index contributed by atoms with van der Waals surface area (Å²) in [6.45, 7) is 3.58. The average molecular weight is 318 g/mol. The summed E-state index contributed by atoms with van der Waals surface area (Å²) in [7, 11) is 0. The lowest BCUT2D eigenvalue weighted by Gasteiger charge is -2.13. The third kappa shape index (κ3) is 5.63. The normalized spacial score (nSPS) is 12.4. The molecule has 1 aromatic rings. The Morgan fingerprint density at radius 2 is 1.82 bits per heavy atom. The maximum atomic E-state index is 12.4. The second kappa shape index (κ2) is 7.67. The van der Waals surface area contributed by atoms with Crippen LogP contribution < -0.4 is 10.6 Å². The molecule has 8 heteroatoms. The van der Waals surface area contributed by atoms with Crippen LogP contribution in [0.2, 0.25) is 0 Å². The van der Waals surface area contributed by atoms with E-state index in [4.69, 9.17) is 4.74 Å². The first-order valence-electron chi connectivity index (χ1n) is 6.62. The van der Waals surface area contributed by atoms with Crippen LogP contribution in [0.15, 0.2) is 24.3 Å². The molecular formula is C14H17F3N2O3. The van der Waals surface area contributed by atoms with E-state index >= 15 is 0 Å². The number of carbonyl (C=O) groups excluding carboxylic acids is 2. The lowest BCUT2D eigenvalue weighted by molar-refractivity contribution is -0.147. The van der Waals surface area contributed by atoms with Crippen LogP contribution in [-0.2, 0) is 15.7 Å². The second-order valence-corrected chi connectivity index (χ2v) is 4.56. The van der Waals surface area contributed by atoms with Crippen molar-refractivity contribution in [2.45, 2.75) is 20.0 Å². The summed E-state index contributed by atoms with van der Waals surface area (Å²) in [5, 5.41) is 4.82. The molecule has 2 N–H and O–H groups in total. The number of amides is 2. The Bertz CT molecular complexity index is 515. The molecule has 0 unspecified atom stereocenters. The number of rotatable bonds is 5. The van der Waals surface area contributed by atoms with Crippen LogP contribution in [0.5, 0.6) is 0 Å². The number of alkyl halides is 3. The van der Waals surface area contributed by atoms with Crippen molar-refractivity contribution >= 4 is 17.7 Å². The molecule has 5 nitrogen and oxygen atoms in total. The third-order valence-electron chi connectivity index (χ3n) is 2.73. The van der Waals surface area contributed by atoms with Crippen LogP contribution in [0.4, 0.5) is 23.7 Å². The predicted octanol–water partition coefficient (Wildman–Crippen LogP) is 3.03. The van der Waals surface area contributed by atoms with Gasteiger partial charge in [-0.3, -0.25) is 4.79 Å². The molecule has 0 aliphatic rings. The maximum Gasteiger partial charge on any atom is 0.416 e. The van der Waals surface area contributed by atoms with Crippen molar-refractivity contribution < 1.29 is 27.5 Å². The van der Waals surface area contributed by atoms with E-state index in [2.05, 4.69) is 10.6 Å². The standard InChI is InChI=1S/C14H17F3N2O3/c1-3-22-12(20)9(2)8-18-13(21)19-11-6-4-10(5-7-11)14(15,16)17/h4-7,9H,3,8H2,1-2H3,(H2,18,19,21)/t9-/m0/s1. The minimum absolute atomic E-state index is 0.0608. The van der Waals surface area contributed by atoms with Gasteiger partial charge in [-0.15, -0.1) is 0 Å². The molecule has 0 fully saturated rings. The first-order valence-corrected chi connectivity index (χ1v) is 6.62. The Morgan fingerprint density at radius 3 is 2.32 bits per heavy atom. The van der Waals surface area contributed by atoms with E-state index in [-0.39, 0.29) is 18.8 Å². The molecule has 22 heavy (non-hydrogen) atoms. The lowest BCUT2D eigenvalue weighted by atomic mass is 10.2. The summed E-state index contributed by atoms with van der Waals surface area (Å²) >= 11 is 0. The predicted molar refractivity (Wildman–Crippen MR) is 74.3 cm³/mol. The molecule has 0 radical (unpaired) electrons. The molecule has 0 heterocycles. The van der Waals surface area contributed by atoms with E-state index in [1.54, 1.807) is 13.8 Å². The molecule has 0 aromatic heterocycles. The van der Waals surface area contributed by atoms with Crippen LogP contribution in [0.25, 0.3) is 0 Å². The van der Waals surface area contributed by atoms with Gasteiger partial charge < -0.3 is 15.4 Å². The number of nitrogens with one attached hydrogen (secondary N) is 2. The largest absolute Gasteiger partial charge is 0.466 e. The number of urea groups is 1. The Kier molecular flexibility index (Phi) is 6.21. The zero-order valence-electron chi connectivity index (χ0n) is 12.2. The fourth-order valence-electron chi connectivity index (χ4n) is 1.53. The molecule has 0 spiro atoms. The van der Waals surface area contributed by atoms with Crippen molar-refractivity contribution in [3.63, 3.8) is 0 Å². The summed E-state index contributed by atoms with van der Waals surface area (Å²) in [6.07, 6.45) is -4.42. The summed E-state index contributed by atoms with van der Waals surface area (Å²) in [6, 6.07) is 3.43. The van der Waals surface area contributed by atoms with Gasteiger partial charge in [0.05, 0.1) is 18.1 Å². The number of hydrogen-bond donors (Lipinski definition) is 2. The van der Waals surface area contributed by atoms with E-state index in [9.17, 15) is 22.8 Å². The quantitative estimate of drug-likeness (QED) is 0.820. The zero-order valence-corrected chi connectivity index (χ0v) is 12.2. The minimum Gasteiger partial charge on any atom is -0.466 e. The molecule has 0 aliphatic heterocycles. The Hall–Kier alpha value is -2.25. The van der Waals surface area contributed by atoms with Crippen molar-refractivity contribution in [3.8, 4) is 0 Å². The second-order valence-electron chi connectivity index (χ2n) is 4.56. The Morgan fingerprint density at radius 1 is 1.23 bits per heavy atom. The molecule has 0 saturated carbocycles. The summed E-state index contributed by atoms with van der Waals surface area (Å²) in [5.74, 6) is -0.948. The number of anilines is 1. The highest BCUT2D eigenvalue weighted by Gasteiger charge is 2.29. The maximum absolute atomic E-state index is 12.4. The van der Waals surface area contributed by atoms with E-state index < -0.39 is 29.7 Å². The highest BCUT2D eigenvalue weighted by molar-refractivity contribution is 5.89. The smallest absolute Gasteiger partial charge is 0.416 e. The van der Waals surface area contributed by atoms with E-state index in [0.29, 0.717) is 0 Å². The molecule has 0 aliphatic carbocycles. The summed E-state index contributed by atoms with van der Waals surface area (Å²) < 4.78 is 41.9. The van der Waals surface area contributed by atoms with Crippen LogP contribution in [0.1, 0.15) is 19.4 Å². The molecular weight excluding hydrogens is 301 g/mol. The number of ether oxygens (including phenoxy) is 1. The first-order chi connectivity index (χ1) is 10.2. The summed E-state index contributed by atoms with van der Waals surface area (Å²) in [5.41, 5.74) is -0.580. The highest BCUT2D eigenvalue weighted by Crippen LogP contribution is 2.29. The minimum atomic E-state index is -4.42. The van der Waals surface area contributed by atoms with Crippen molar-refractivity contribution in [2.24, 2.45) is 5.92 Å². The monoisotopic (exact) mass is 318 g/mol. The zero-order chi connectivity index (χ0) is 16.8. The van der Waals surface area contributed by atoms with Gasteiger partial charge in [-0.1, -0.05) is 6.92 Å². The van der Waals surface area contributed by atoms with Crippen molar-refractivity contribution in [1.29, 1.82) is 0 Å². The van der Waals surface area contributed by atoms with E-state index in [1.807, 2.05) is 0 Å². The van der Waals surface area contributed by atoms with Crippen LogP contribution >= 0.6 is 0 Å². The lowest BCUT2D eigenvalue weighted by Crippen LogP contribution is -2.35. The molecule has 1 aromatic carbocycles. The number of carbonyl (C=O) groups is 2. The van der Waals surface area contributed by atoms with Gasteiger partial charge in [0.1, 0.15) is 0 Å². The van der Waals surface area contributed by atoms with Gasteiger partial charge in [0.2, 0.25) is 0 Å². The molecule has 0 bridgehead atoms. The van der Waals surface area contributed by atoms with Crippen molar-refractivity contribution in [3.05, 3.63) is 29.8 Å². The van der Waals surface area contributed by atoms with Crippen molar-refractivity contribution in [2.75, 3.05) is 18.5 Å². The van der Waals surface area contributed by atoms with Crippen LogP contribution in [0, 0.1) is 5.92 Å². The van der Waals surface area contributed by atoms with Gasteiger partial charge >= 0.3 is 18.2 Å². The average Bonchev–Trinajstić information content (AvgIpc) is 2.44. The van der Waals surface area contributed by atoms with Gasteiger partial charge in [0.15, 0.2) is 0 Å². The number of hydrogen-bond acceptors (Lipinski definition) is 3. The van der Waals surface area contributed by atoms with Gasteiger partial charge in [0, 0.05) is 12.2 Å². The topological polar surface area (TPSA) is 67.4 Å². The Labute approximate surface area is 125 Å². The number of benzene rings is 1. The van der Waals surface area contributed by atoms with Crippen LogP contribution in [0.3, 0.4) is 0 Å². The summed E-state index contributed by atoms with van der Waals surface area (Å²) in [4.78, 5) is 22.9. The first kappa shape index (κ1) is 17.8. The number of halogens is 3. The third-order valence-corrected chi connectivity index (χ3v) is 2.73. The fraction of sp³-hybridized carbons (Fsp3) is 0.429. The van der Waals surface area contributed by atoms with Crippen LogP contribution in [-0.4, -0.2) is 25.2 Å². The molecule has 1 rings (SSSR count). The van der Waals surface area contributed by atoms with Gasteiger partial charge in [-0.2, -0.15) is 13.2 Å². The van der Waals surface area contributed by atoms with Gasteiger partial charge in [-0.05, 0) is 31.2 Å². The van der Waals surface area contributed by atoms with Gasteiger partial charge in [0.25, 0.3) is 0 Å². The molecule has 1 atom stereocenters. The van der Waals surface area contributed by atoms with E-state index in [0.717, 1.165) is 24.3 Å². The van der Waals surface area contributed by atoms with E-state index in [1.165, 1.54) is 0 Å². The SMILES string of the molecule is CCOC(=O)[C@@H](C)CNC(=O)Nc1ccc(C(F)(F)F)cc1.